The van der Waals surface area contributed by atoms with E-state index in [9.17, 15) is 18.0 Å². The van der Waals surface area contributed by atoms with Gasteiger partial charge in [-0.2, -0.15) is 0 Å². The molecule has 0 aliphatic heterocycles. The van der Waals surface area contributed by atoms with Crippen molar-refractivity contribution >= 4 is 33.2 Å². The lowest BCUT2D eigenvalue weighted by Gasteiger charge is -2.14. The molecule has 1 N–H and O–H groups in total. The third-order valence-corrected chi connectivity index (χ3v) is 6.41. The summed E-state index contributed by atoms with van der Waals surface area (Å²) in [7, 11) is -1.31. The first kappa shape index (κ1) is 21.0. The summed E-state index contributed by atoms with van der Waals surface area (Å²) in [5.41, 5.74) is 0.133. The summed E-state index contributed by atoms with van der Waals surface area (Å²) >= 11 is 1.52. The second kappa shape index (κ2) is 9.09. The van der Waals surface area contributed by atoms with Crippen LogP contribution in [0, 0.1) is 0 Å². The summed E-state index contributed by atoms with van der Waals surface area (Å²) in [5, 5.41) is 4.64. The summed E-state index contributed by atoms with van der Waals surface area (Å²) < 4.78 is 29.9. The average molecular weight is 412 g/mol. The highest BCUT2D eigenvalue weighted by Crippen LogP contribution is 2.18. The summed E-state index contributed by atoms with van der Waals surface area (Å²) in [6.07, 6.45) is 0. The molecule has 0 saturated carbocycles. The number of amides is 1. The van der Waals surface area contributed by atoms with Gasteiger partial charge in [0.05, 0.1) is 23.6 Å². The van der Waals surface area contributed by atoms with E-state index in [1.165, 1.54) is 49.8 Å². The zero-order valence-corrected chi connectivity index (χ0v) is 16.7. The number of benzene rings is 1. The van der Waals surface area contributed by atoms with E-state index in [4.69, 9.17) is 4.74 Å². The number of sulfonamides is 1. The molecule has 0 fully saturated rings. The first-order valence-electron chi connectivity index (χ1n) is 7.88. The number of hydrogen-bond donors (Lipinski definition) is 1. The van der Waals surface area contributed by atoms with Crippen LogP contribution in [0.5, 0.6) is 0 Å². The van der Waals surface area contributed by atoms with Crippen molar-refractivity contribution in [3.05, 3.63) is 52.2 Å². The van der Waals surface area contributed by atoms with Crippen molar-refractivity contribution in [3.8, 4) is 0 Å². The molecular weight excluding hydrogens is 392 g/mol. The Morgan fingerprint density at radius 2 is 1.89 bits per heavy atom. The van der Waals surface area contributed by atoms with Gasteiger partial charge in [-0.05, 0) is 42.6 Å². The maximum absolute atomic E-state index is 12.1. The molecule has 1 amide bonds. The van der Waals surface area contributed by atoms with E-state index in [1.54, 1.807) is 0 Å². The third-order valence-electron chi connectivity index (χ3n) is 3.67. The monoisotopic (exact) mass is 412 g/mol. The number of thiophene rings is 1. The highest BCUT2D eigenvalue weighted by Gasteiger charge is 2.21. The molecule has 10 heteroatoms. The Morgan fingerprint density at radius 1 is 1.22 bits per heavy atom. The van der Waals surface area contributed by atoms with E-state index in [-0.39, 0.29) is 16.5 Å². The fourth-order valence-corrected chi connectivity index (χ4v) is 3.82. The number of rotatable bonds is 8. The first-order valence-corrected chi connectivity index (χ1v) is 10.2. The smallest absolute Gasteiger partial charge is 0.338 e. The van der Waals surface area contributed by atoms with E-state index in [0.29, 0.717) is 4.47 Å². The van der Waals surface area contributed by atoms with Gasteiger partial charge in [0, 0.05) is 11.9 Å². The topological polar surface area (TPSA) is 102 Å². The van der Waals surface area contributed by atoms with Crippen LogP contribution in [0.15, 0.2) is 46.7 Å². The molecule has 27 heavy (non-hydrogen) atoms. The number of carbonyl (C=O) groups is 2. The van der Waals surface area contributed by atoms with Crippen molar-refractivity contribution < 1.29 is 27.6 Å². The number of carbonyl (C=O) groups excluding carboxylic acids is 2. The van der Waals surface area contributed by atoms with Gasteiger partial charge < -0.3 is 10.1 Å². The Labute approximate surface area is 161 Å². The van der Waals surface area contributed by atoms with Crippen LogP contribution in [0.3, 0.4) is 0 Å². The van der Waals surface area contributed by atoms with Gasteiger partial charge in [0.1, 0.15) is 0 Å². The Kier molecular flexibility index (Phi) is 7.08. The minimum Gasteiger partial charge on any atom is -0.452 e. The van der Waals surface area contributed by atoms with Crippen LogP contribution in [-0.2, 0) is 24.4 Å². The van der Waals surface area contributed by atoms with E-state index >= 15 is 0 Å². The van der Waals surface area contributed by atoms with Gasteiger partial charge in [-0.3, -0.25) is 9.63 Å². The van der Waals surface area contributed by atoms with Gasteiger partial charge in [0.15, 0.2) is 6.61 Å². The lowest BCUT2D eigenvalue weighted by Crippen LogP contribution is -2.30. The Balaban J connectivity index is 1.91. The SMILES string of the molecule is CON(C)S(=O)(=O)c1ccc(C(=O)OCC(=O)N[C@@H](C)c2cccs2)cc1. The second-order valence-corrected chi connectivity index (χ2v) is 8.42. The van der Waals surface area contributed by atoms with Gasteiger partial charge in [-0.25, -0.2) is 13.2 Å². The quantitative estimate of drug-likeness (QED) is 0.525. The predicted molar refractivity (Wildman–Crippen MR) is 99.6 cm³/mol. The van der Waals surface area contributed by atoms with Crippen LogP contribution in [0.25, 0.3) is 0 Å². The van der Waals surface area contributed by atoms with Crippen molar-refractivity contribution in [1.82, 2.24) is 9.79 Å². The van der Waals surface area contributed by atoms with Crippen LogP contribution >= 0.6 is 11.3 Å². The molecule has 1 aromatic heterocycles. The molecule has 2 rings (SSSR count). The number of nitrogens with one attached hydrogen (secondary N) is 1. The van der Waals surface area contributed by atoms with Crippen LogP contribution in [-0.4, -0.2) is 45.5 Å². The van der Waals surface area contributed by atoms with Crippen LogP contribution in [0.4, 0.5) is 0 Å². The predicted octanol–water partition coefficient (Wildman–Crippen LogP) is 1.96. The second-order valence-electron chi connectivity index (χ2n) is 5.50. The largest absolute Gasteiger partial charge is 0.452 e. The number of ether oxygens (including phenoxy) is 1. The molecule has 1 heterocycles. The molecule has 0 radical (unpaired) electrons. The van der Waals surface area contributed by atoms with Crippen molar-refractivity contribution in [2.24, 2.45) is 0 Å². The van der Waals surface area contributed by atoms with Gasteiger partial charge in [-0.15, -0.1) is 11.3 Å². The molecule has 0 saturated heterocycles. The third kappa shape index (κ3) is 5.36. The van der Waals surface area contributed by atoms with Crippen LogP contribution in [0.2, 0.25) is 0 Å². The summed E-state index contributed by atoms with van der Waals surface area (Å²) in [6.45, 7) is 1.41. The standard InChI is InChI=1S/C17H20N2O6S2/c1-12(15-5-4-10-26-15)18-16(20)11-25-17(21)13-6-8-14(9-7-13)27(22,23)19(2)24-3/h4-10,12H,11H2,1-3H3,(H,18,20)/t12-/m0/s1. The average Bonchev–Trinajstić information content (AvgIpc) is 3.20. The fraction of sp³-hybridized carbons (Fsp3) is 0.294. The molecule has 146 valence electrons. The maximum atomic E-state index is 12.1. The van der Waals surface area contributed by atoms with E-state index in [1.807, 2.05) is 24.4 Å². The van der Waals surface area contributed by atoms with Crippen LogP contribution in [0.1, 0.15) is 28.2 Å². The minimum atomic E-state index is -3.80. The van der Waals surface area contributed by atoms with Crippen LogP contribution < -0.4 is 5.32 Å². The lowest BCUT2D eigenvalue weighted by molar-refractivity contribution is -0.124. The van der Waals surface area contributed by atoms with Gasteiger partial charge in [0.25, 0.3) is 15.9 Å². The lowest BCUT2D eigenvalue weighted by atomic mass is 10.2. The molecule has 2 aromatic rings. The van der Waals surface area contributed by atoms with Gasteiger partial charge in [-0.1, -0.05) is 10.5 Å². The number of hydrogen-bond acceptors (Lipinski definition) is 7. The summed E-state index contributed by atoms with van der Waals surface area (Å²) in [5.74, 6) is -1.15. The number of esters is 1. The highest BCUT2D eigenvalue weighted by molar-refractivity contribution is 7.89. The van der Waals surface area contributed by atoms with Gasteiger partial charge >= 0.3 is 5.97 Å². The highest BCUT2D eigenvalue weighted by atomic mass is 32.2. The Bertz CT molecular complexity index is 879. The van der Waals surface area contributed by atoms with E-state index < -0.39 is 28.5 Å². The normalized spacial score (nSPS) is 12.6. The maximum Gasteiger partial charge on any atom is 0.338 e. The molecule has 0 unspecified atom stereocenters. The summed E-state index contributed by atoms with van der Waals surface area (Å²) in [4.78, 5) is 29.6. The molecular formula is C17H20N2O6S2. The molecule has 1 atom stereocenters. The van der Waals surface area contributed by atoms with Crippen molar-refractivity contribution in [2.75, 3.05) is 20.8 Å². The van der Waals surface area contributed by atoms with Gasteiger partial charge in [0.2, 0.25) is 0 Å². The zero-order chi connectivity index (χ0) is 20.0. The molecule has 0 aliphatic rings. The fourth-order valence-electron chi connectivity index (χ4n) is 2.12. The zero-order valence-electron chi connectivity index (χ0n) is 15.0. The Hall–Kier alpha value is -2.27. The van der Waals surface area contributed by atoms with Crippen molar-refractivity contribution in [1.29, 1.82) is 0 Å². The number of hydroxylamine groups is 1. The first-order chi connectivity index (χ1) is 12.8. The molecule has 8 nitrogen and oxygen atoms in total. The molecule has 1 aromatic carbocycles. The number of nitrogens with zero attached hydrogens (tertiary/aromatic N) is 1. The summed E-state index contributed by atoms with van der Waals surface area (Å²) in [6, 6.07) is 8.75. The minimum absolute atomic E-state index is 0.0362. The molecule has 0 bridgehead atoms. The molecule has 0 spiro atoms. The Morgan fingerprint density at radius 3 is 2.44 bits per heavy atom. The van der Waals surface area contributed by atoms with Crippen molar-refractivity contribution in [2.45, 2.75) is 17.9 Å². The molecule has 0 aliphatic carbocycles. The van der Waals surface area contributed by atoms with Crippen molar-refractivity contribution in [3.63, 3.8) is 0 Å². The van der Waals surface area contributed by atoms with E-state index in [0.717, 1.165) is 4.88 Å². The van der Waals surface area contributed by atoms with E-state index in [2.05, 4.69) is 10.2 Å².